The molecule has 6 heteroatoms. The maximum atomic E-state index is 14.0. The molecule has 1 amide bonds. The molecule has 156 valence electrons. The van der Waals surface area contributed by atoms with Crippen LogP contribution in [0.1, 0.15) is 23.6 Å². The molecule has 0 radical (unpaired) electrons. The number of hydrogen-bond donors (Lipinski definition) is 1. The number of rotatable bonds is 4. The summed E-state index contributed by atoms with van der Waals surface area (Å²) in [5.41, 5.74) is 3.61. The number of amides is 1. The highest BCUT2D eigenvalue weighted by Gasteiger charge is 2.37. The normalized spacial score (nSPS) is 20.5. The van der Waals surface area contributed by atoms with Gasteiger partial charge in [0, 0.05) is 17.6 Å². The lowest BCUT2D eigenvalue weighted by atomic mass is 9.90. The number of nitrogens with zero attached hydrogens (tertiary/aromatic N) is 3. The molecule has 1 N–H and O–H groups in total. The number of hydrogen-bond acceptors (Lipinski definition) is 4. The number of anilines is 1. The molecule has 0 saturated carbocycles. The van der Waals surface area contributed by atoms with Gasteiger partial charge in [-0.2, -0.15) is 0 Å². The Kier molecular flexibility index (Phi) is 5.08. The summed E-state index contributed by atoms with van der Waals surface area (Å²) < 4.78 is 14.0. The van der Waals surface area contributed by atoms with E-state index in [2.05, 4.69) is 38.4 Å². The summed E-state index contributed by atoms with van der Waals surface area (Å²) in [5, 5.41) is 5.18. The van der Waals surface area contributed by atoms with E-state index in [-0.39, 0.29) is 30.4 Å². The van der Waals surface area contributed by atoms with Crippen molar-refractivity contribution in [2.75, 3.05) is 18.4 Å². The van der Waals surface area contributed by atoms with Crippen LogP contribution in [0.3, 0.4) is 0 Å². The van der Waals surface area contributed by atoms with Crippen molar-refractivity contribution in [1.29, 1.82) is 0 Å². The van der Waals surface area contributed by atoms with Crippen molar-refractivity contribution >= 4 is 34.4 Å². The maximum Gasteiger partial charge on any atom is 0.238 e. The van der Waals surface area contributed by atoms with Gasteiger partial charge in [-0.15, -0.1) is 0 Å². The summed E-state index contributed by atoms with van der Waals surface area (Å²) in [6.45, 7) is 2.91. The van der Waals surface area contributed by atoms with Crippen molar-refractivity contribution in [3.05, 3.63) is 77.6 Å². The van der Waals surface area contributed by atoms with E-state index in [1.165, 1.54) is 12.1 Å². The number of halogens is 1. The number of aliphatic imine (C=N–C) groups is 2. The van der Waals surface area contributed by atoms with Gasteiger partial charge in [-0.25, -0.2) is 9.38 Å². The van der Waals surface area contributed by atoms with Gasteiger partial charge in [0.15, 0.2) is 0 Å². The summed E-state index contributed by atoms with van der Waals surface area (Å²) >= 11 is 0. The summed E-state index contributed by atoms with van der Waals surface area (Å²) in [4.78, 5) is 24.0. The van der Waals surface area contributed by atoms with Gasteiger partial charge < -0.3 is 5.32 Å². The summed E-state index contributed by atoms with van der Waals surface area (Å²) in [7, 11) is 0. The lowest BCUT2D eigenvalue weighted by molar-refractivity contribution is -0.117. The monoisotopic (exact) mass is 414 g/mol. The molecule has 2 aliphatic heterocycles. The average molecular weight is 414 g/mol. The summed E-state index contributed by atoms with van der Waals surface area (Å²) in [5.74, 6) is -0.400. The van der Waals surface area contributed by atoms with Crippen LogP contribution in [-0.4, -0.2) is 42.0 Å². The lowest BCUT2D eigenvalue weighted by Crippen LogP contribution is -2.47. The van der Waals surface area contributed by atoms with Gasteiger partial charge in [0.2, 0.25) is 5.91 Å². The van der Waals surface area contributed by atoms with Crippen LogP contribution < -0.4 is 5.32 Å². The molecular weight excluding hydrogens is 391 g/mol. The van der Waals surface area contributed by atoms with E-state index in [0.717, 1.165) is 39.7 Å². The Morgan fingerprint density at radius 1 is 1.16 bits per heavy atom. The van der Waals surface area contributed by atoms with Crippen molar-refractivity contribution < 1.29 is 9.18 Å². The number of carbonyl (C=O) groups is 1. The molecular formula is C25H23FN4O. The number of piperidine rings is 1. The maximum absolute atomic E-state index is 14.0. The lowest BCUT2D eigenvalue weighted by Gasteiger charge is -2.38. The van der Waals surface area contributed by atoms with Crippen molar-refractivity contribution in [3.8, 4) is 0 Å². The highest BCUT2D eigenvalue weighted by Crippen LogP contribution is 2.32. The van der Waals surface area contributed by atoms with Gasteiger partial charge >= 0.3 is 0 Å². The average Bonchev–Trinajstić information content (AvgIpc) is 3.23. The standard InChI is InChI=1S/C25H23FN4O/c1-16-8-9-17-4-3-7-21(20(17)12-16)29-23(31)14-30-11-10-22-24(28-15-27-22)25(30)18-5-2-6-19(26)13-18/h2-9,12-13,15,22,25H,10-11,14H2,1H3,(H,29,31). The Morgan fingerprint density at radius 2 is 2.03 bits per heavy atom. The van der Waals surface area contributed by atoms with Crippen molar-refractivity contribution in [1.82, 2.24) is 4.90 Å². The van der Waals surface area contributed by atoms with E-state index >= 15 is 0 Å². The first kappa shape index (κ1) is 19.6. The van der Waals surface area contributed by atoms with Crippen molar-refractivity contribution in [3.63, 3.8) is 0 Å². The third kappa shape index (κ3) is 3.86. The molecule has 2 heterocycles. The fourth-order valence-electron chi connectivity index (χ4n) is 4.52. The number of aryl methyl sites for hydroxylation is 1. The van der Waals surface area contributed by atoms with Crippen LogP contribution in [0.4, 0.5) is 10.1 Å². The fraction of sp³-hybridized carbons (Fsp3) is 0.240. The van der Waals surface area contributed by atoms with Gasteiger partial charge in [0.1, 0.15) is 12.2 Å². The molecule has 0 aliphatic carbocycles. The molecule has 0 aromatic heterocycles. The highest BCUT2D eigenvalue weighted by molar-refractivity contribution is 6.05. The second kappa shape index (κ2) is 8.04. The second-order valence-electron chi connectivity index (χ2n) is 8.13. The van der Waals surface area contributed by atoms with Gasteiger partial charge in [0.25, 0.3) is 0 Å². The van der Waals surface area contributed by atoms with E-state index in [9.17, 15) is 9.18 Å². The van der Waals surface area contributed by atoms with Crippen LogP contribution in [0, 0.1) is 12.7 Å². The van der Waals surface area contributed by atoms with E-state index in [4.69, 9.17) is 0 Å². The number of nitrogens with one attached hydrogen (secondary N) is 1. The Bertz CT molecular complexity index is 1220. The molecule has 2 aliphatic rings. The Morgan fingerprint density at radius 3 is 2.90 bits per heavy atom. The van der Waals surface area contributed by atoms with Crippen molar-refractivity contribution in [2.24, 2.45) is 9.98 Å². The Hall–Kier alpha value is -3.38. The van der Waals surface area contributed by atoms with Crippen LogP contribution in [0.25, 0.3) is 10.8 Å². The molecule has 31 heavy (non-hydrogen) atoms. The number of fused-ring (bicyclic) bond motifs is 2. The Labute approximate surface area is 180 Å². The van der Waals surface area contributed by atoms with Crippen molar-refractivity contribution in [2.45, 2.75) is 25.4 Å². The van der Waals surface area contributed by atoms with E-state index in [0.29, 0.717) is 6.54 Å². The predicted molar refractivity (Wildman–Crippen MR) is 122 cm³/mol. The molecule has 1 fully saturated rings. The van der Waals surface area contributed by atoms with Crippen LogP contribution in [-0.2, 0) is 4.79 Å². The van der Waals surface area contributed by atoms with E-state index < -0.39 is 0 Å². The summed E-state index contributed by atoms with van der Waals surface area (Å²) in [6.07, 6.45) is 2.37. The molecule has 5 rings (SSSR count). The van der Waals surface area contributed by atoms with Crippen LogP contribution in [0.15, 0.2) is 70.6 Å². The number of carbonyl (C=O) groups excluding carboxylic acids is 1. The summed E-state index contributed by atoms with van der Waals surface area (Å²) in [6, 6.07) is 18.4. The van der Waals surface area contributed by atoms with Gasteiger partial charge in [-0.1, -0.05) is 42.0 Å². The predicted octanol–water partition coefficient (Wildman–Crippen LogP) is 4.52. The smallest absolute Gasteiger partial charge is 0.238 e. The largest absolute Gasteiger partial charge is 0.324 e. The van der Waals surface area contributed by atoms with E-state index in [1.807, 2.05) is 31.2 Å². The quantitative estimate of drug-likeness (QED) is 0.682. The minimum absolute atomic E-state index is 0.00798. The minimum atomic E-state index is -0.297. The third-order valence-corrected chi connectivity index (χ3v) is 5.95. The zero-order valence-electron chi connectivity index (χ0n) is 17.3. The van der Waals surface area contributed by atoms with E-state index in [1.54, 1.807) is 12.4 Å². The van der Waals surface area contributed by atoms with Crippen LogP contribution in [0.2, 0.25) is 0 Å². The molecule has 0 spiro atoms. The van der Waals surface area contributed by atoms with Crippen LogP contribution in [0.5, 0.6) is 0 Å². The molecule has 3 aromatic carbocycles. The molecule has 2 unspecified atom stereocenters. The zero-order valence-corrected chi connectivity index (χ0v) is 17.3. The fourth-order valence-corrected chi connectivity index (χ4v) is 4.52. The number of likely N-dealkylation sites (tertiary alicyclic amines) is 1. The third-order valence-electron chi connectivity index (χ3n) is 5.95. The number of benzene rings is 3. The second-order valence-corrected chi connectivity index (χ2v) is 8.13. The molecule has 1 saturated heterocycles. The molecule has 2 atom stereocenters. The zero-order chi connectivity index (χ0) is 21.4. The minimum Gasteiger partial charge on any atom is -0.324 e. The molecule has 5 nitrogen and oxygen atoms in total. The van der Waals surface area contributed by atoms with Gasteiger partial charge in [-0.05, 0) is 48.6 Å². The van der Waals surface area contributed by atoms with Gasteiger partial charge in [-0.3, -0.25) is 14.7 Å². The van der Waals surface area contributed by atoms with Gasteiger partial charge in [0.05, 0.1) is 24.3 Å². The topological polar surface area (TPSA) is 57.1 Å². The SMILES string of the molecule is Cc1ccc2cccc(NC(=O)CN3CCC4N=CN=C4C3c3cccc(F)c3)c2c1. The first-order valence-corrected chi connectivity index (χ1v) is 10.5. The van der Waals surface area contributed by atoms with Crippen LogP contribution >= 0.6 is 0 Å². The Balaban J connectivity index is 1.40. The highest BCUT2D eigenvalue weighted by atomic mass is 19.1. The molecule has 3 aromatic rings. The molecule has 0 bridgehead atoms. The first-order valence-electron chi connectivity index (χ1n) is 10.5. The first-order chi connectivity index (χ1) is 15.1.